The average Bonchev–Trinajstić information content (AvgIpc) is 2.05. The van der Waals surface area contributed by atoms with E-state index in [1.807, 2.05) is 0 Å². The average molecular weight is 251 g/mol. The Kier molecular flexibility index (Phi) is 3.98. The molecule has 0 atom stereocenters. The second-order valence-corrected chi connectivity index (χ2v) is 4.50. The second-order valence-electron chi connectivity index (χ2n) is 2.83. The van der Waals surface area contributed by atoms with Crippen LogP contribution in [0.1, 0.15) is 5.56 Å². The minimum atomic E-state index is -4.25. The quantitative estimate of drug-likeness (QED) is 0.660. The molecule has 1 aromatic carbocycles. The summed E-state index contributed by atoms with van der Waals surface area (Å²) in [6.45, 7) is 0. The third-order valence-corrected chi connectivity index (χ3v) is 2.42. The first-order chi connectivity index (χ1) is 6.87. The molecule has 6 heteroatoms. The summed E-state index contributed by atoms with van der Waals surface area (Å²) in [5.74, 6) is 0. The van der Waals surface area contributed by atoms with Crippen molar-refractivity contribution in [3.05, 3.63) is 29.8 Å². The van der Waals surface area contributed by atoms with Gasteiger partial charge >= 0.3 is 5.51 Å². The van der Waals surface area contributed by atoms with Crippen molar-refractivity contribution in [2.45, 2.75) is 16.8 Å². The molecule has 82 valence electrons. The molecule has 0 spiro atoms. The molecule has 0 aromatic heterocycles. The van der Waals surface area contributed by atoms with Crippen molar-refractivity contribution in [2.24, 2.45) is 5.73 Å². The third-order valence-electron chi connectivity index (χ3n) is 1.54. The number of hydrogen-bond acceptors (Lipinski definition) is 2. The summed E-state index contributed by atoms with van der Waals surface area (Å²) in [5.41, 5.74) is 1.88. The van der Waals surface area contributed by atoms with Crippen LogP contribution in [0.4, 0.5) is 13.2 Å². The van der Waals surface area contributed by atoms with Crippen LogP contribution in [0.15, 0.2) is 29.2 Å². The van der Waals surface area contributed by atoms with E-state index in [-0.39, 0.29) is 16.7 Å². The summed E-state index contributed by atoms with van der Waals surface area (Å²) >= 11 is 4.55. The van der Waals surface area contributed by atoms with Crippen molar-refractivity contribution >= 4 is 29.0 Å². The van der Waals surface area contributed by atoms with Gasteiger partial charge in [-0.15, -0.1) is 0 Å². The number of nitrogens with two attached hydrogens (primary N) is 1. The van der Waals surface area contributed by atoms with E-state index in [1.165, 1.54) is 12.1 Å². The highest BCUT2D eigenvalue weighted by Gasteiger charge is 2.28. The highest BCUT2D eigenvalue weighted by Crippen LogP contribution is 2.36. The molecule has 0 bridgehead atoms. The minimum Gasteiger partial charge on any atom is -0.393 e. The van der Waals surface area contributed by atoms with Gasteiger partial charge in [-0.3, -0.25) is 0 Å². The van der Waals surface area contributed by atoms with Gasteiger partial charge in [-0.2, -0.15) is 13.2 Å². The van der Waals surface area contributed by atoms with E-state index in [0.29, 0.717) is 11.4 Å². The maximum absolute atomic E-state index is 12.0. The van der Waals surface area contributed by atoms with Crippen molar-refractivity contribution in [3.8, 4) is 0 Å². The first-order valence-corrected chi connectivity index (χ1v) is 5.22. The van der Waals surface area contributed by atoms with Crippen LogP contribution in [0.3, 0.4) is 0 Å². The number of hydrogen-bond donors (Lipinski definition) is 1. The molecule has 1 rings (SSSR count). The molecule has 2 N–H and O–H groups in total. The first-order valence-electron chi connectivity index (χ1n) is 4.00. The Morgan fingerprint density at radius 2 is 1.80 bits per heavy atom. The molecule has 0 aliphatic heterocycles. The molecule has 1 aromatic rings. The van der Waals surface area contributed by atoms with Gasteiger partial charge in [0.15, 0.2) is 0 Å². The molecule has 15 heavy (non-hydrogen) atoms. The monoisotopic (exact) mass is 251 g/mol. The van der Waals surface area contributed by atoms with E-state index in [2.05, 4.69) is 0 Å². The Balaban J connectivity index is 2.68. The van der Waals surface area contributed by atoms with Crippen LogP contribution in [0, 0.1) is 0 Å². The smallest absolute Gasteiger partial charge is 0.393 e. The summed E-state index contributed by atoms with van der Waals surface area (Å²) < 4.78 is 35.9. The van der Waals surface area contributed by atoms with E-state index < -0.39 is 5.51 Å². The van der Waals surface area contributed by atoms with Crippen LogP contribution >= 0.6 is 24.0 Å². The van der Waals surface area contributed by atoms with Gasteiger partial charge in [0.1, 0.15) is 0 Å². The highest BCUT2D eigenvalue weighted by molar-refractivity contribution is 8.00. The molecule has 0 fully saturated rings. The normalized spacial score (nSPS) is 11.4. The van der Waals surface area contributed by atoms with E-state index in [9.17, 15) is 13.2 Å². The van der Waals surface area contributed by atoms with Crippen LogP contribution in [-0.4, -0.2) is 10.5 Å². The van der Waals surface area contributed by atoms with Gasteiger partial charge < -0.3 is 5.73 Å². The lowest BCUT2D eigenvalue weighted by atomic mass is 10.1. The second kappa shape index (κ2) is 4.85. The zero-order valence-corrected chi connectivity index (χ0v) is 9.18. The third kappa shape index (κ3) is 5.03. The number of rotatable bonds is 3. The van der Waals surface area contributed by atoms with E-state index in [1.54, 1.807) is 12.1 Å². The molecule has 1 nitrogen and oxygen atoms in total. The van der Waals surface area contributed by atoms with Crippen molar-refractivity contribution in [1.82, 2.24) is 0 Å². The summed E-state index contributed by atoms with van der Waals surface area (Å²) in [7, 11) is 0. The summed E-state index contributed by atoms with van der Waals surface area (Å²) in [6, 6.07) is 6.00. The summed E-state index contributed by atoms with van der Waals surface area (Å²) in [4.78, 5) is 0.486. The Morgan fingerprint density at radius 3 is 2.20 bits per heavy atom. The Morgan fingerprint density at radius 1 is 1.27 bits per heavy atom. The van der Waals surface area contributed by atoms with E-state index >= 15 is 0 Å². The topological polar surface area (TPSA) is 26.0 Å². The molecular formula is C9H8F3NS2. The largest absolute Gasteiger partial charge is 0.446 e. The fourth-order valence-electron chi connectivity index (χ4n) is 1.01. The molecule has 0 unspecified atom stereocenters. The predicted molar refractivity (Wildman–Crippen MR) is 58.8 cm³/mol. The maximum atomic E-state index is 12.0. The molecule has 0 saturated carbocycles. The number of alkyl halides is 3. The Labute approximate surface area is 94.8 Å². The number of halogens is 3. The van der Waals surface area contributed by atoms with Crippen LogP contribution in [0.2, 0.25) is 0 Å². The van der Waals surface area contributed by atoms with Gasteiger partial charge in [0.25, 0.3) is 0 Å². The predicted octanol–water partition coefficient (Wildman–Crippen LogP) is 3.13. The molecular weight excluding hydrogens is 243 g/mol. The Hall–Kier alpha value is -0.750. The number of thiocarbonyl (C=S) groups is 1. The van der Waals surface area contributed by atoms with Crippen molar-refractivity contribution in [2.75, 3.05) is 0 Å². The zero-order valence-electron chi connectivity index (χ0n) is 7.54. The lowest BCUT2D eigenvalue weighted by molar-refractivity contribution is -0.0328. The molecule has 0 radical (unpaired) electrons. The standard InChI is InChI=1S/C9H8F3NS2/c10-9(11,12)15-7-3-1-6(2-4-7)5-8(13)14/h1-4H,5H2,(H2,13,14). The summed E-state index contributed by atoms with van der Waals surface area (Å²) in [5, 5.41) is 0. The highest BCUT2D eigenvalue weighted by atomic mass is 32.2. The fraction of sp³-hybridized carbons (Fsp3) is 0.222. The van der Waals surface area contributed by atoms with Crippen molar-refractivity contribution < 1.29 is 13.2 Å². The van der Waals surface area contributed by atoms with E-state index in [0.717, 1.165) is 5.56 Å². The van der Waals surface area contributed by atoms with E-state index in [4.69, 9.17) is 18.0 Å². The molecule has 0 saturated heterocycles. The first kappa shape index (κ1) is 12.3. The van der Waals surface area contributed by atoms with Crippen molar-refractivity contribution in [1.29, 1.82) is 0 Å². The lowest BCUT2D eigenvalue weighted by Crippen LogP contribution is -2.10. The van der Waals surface area contributed by atoms with Gasteiger partial charge in [-0.1, -0.05) is 24.4 Å². The fourth-order valence-corrected chi connectivity index (χ4v) is 1.72. The number of benzene rings is 1. The number of thioether (sulfide) groups is 1. The molecule has 0 heterocycles. The van der Waals surface area contributed by atoms with Crippen LogP contribution in [0.5, 0.6) is 0 Å². The molecule has 0 amide bonds. The van der Waals surface area contributed by atoms with Crippen LogP contribution in [0.25, 0.3) is 0 Å². The molecule has 0 aliphatic carbocycles. The van der Waals surface area contributed by atoms with Crippen LogP contribution in [-0.2, 0) is 6.42 Å². The van der Waals surface area contributed by atoms with Crippen molar-refractivity contribution in [3.63, 3.8) is 0 Å². The Bertz CT molecular complexity index is 345. The summed E-state index contributed by atoms with van der Waals surface area (Å²) in [6.07, 6.45) is 0.409. The van der Waals surface area contributed by atoms with Gasteiger partial charge in [0.05, 0.1) is 4.99 Å². The maximum Gasteiger partial charge on any atom is 0.446 e. The van der Waals surface area contributed by atoms with Crippen LogP contribution < -0.4 is 5.73 Å². The van der Waals surface area contributed by atoms with Gasteiger partial charge in [0.2, 0.25) is 0 Å². The van der Waals surface area contributed by atoms with Gasteiger partial charge in [0, 0.05) is 11.3 Å². The van der Waals surface area contributed by atoms with Gasteiger partial charge in [-0.05, 0) is 29.5 Å². The molecule has 0 aliphatic rings. The zero-order chi connectivity index (χ0) is 11.5. The van der Waals surface area contributed by atoms with Gasteiger partial charge in [-0.25, -0.2) is 0 Å². The minimum absolute atomic E-state index is 0.136. The SMILES string of the molecule is NC(=S)Cc1ccc(SC(F)(F)F)cc1. The lowest BCUT2D eigenvalue weighted by Gasteiger charge is -2.06.